The molecule has 10 aromatic carbocycles. The van der Waals surface area contributed by atoms with Gasteiger partial charge in [-0.1, -0.05) is 178 Å². The Morgan fingerprint density at radius 3 is 1.06 bits per heavy atom. The van der Waals surface area contributed by atoms with Gasteiger partial charge in [0, 0.05) is 143 Å². The van der Waals surface area contributed by atoms with Gasteiger partial charge in [-0.15, -0.1) is 0 Å². The van der Waals surface area contributed by atoms with Crippen LogP contribution in [0.15, 0.2) is 298 Å². The monoisotopic (exact) mass is 1570 g/mol. The fourth-order valence-corrected chi connectivity index (χ4v) is 17.6. The van der Waals surface area contributed by atoms with E-state index in [-0.39, 0.29) is 5.41 Å². The Labute approximate surface area is 704 Å². The molecule has 0 atom stereocenters. The highest BCUT2D eigenvalue weighted by molar-refractivity contribution is 6.15. The van der Waals surface area contributed by atoms with Gasteiger partial charge in [0.15, 0.2) is 31.0 Å². The molecule has 20 aromatic rings. The van der Waals surface area contributed by atoms with E-state index in [9.17, 15) is 0 Å². The molecular formula is C110H105N10+5. The van der Waals surface area contributed by atoms with Crippen LogP contribution in [-0.4, -0.2) is 24.9 Å². The molecule has 10 heterocycles. The van der Waals surface area contributed by atoms with Crippen LogP contribution in [0.5, 0.6) is 0 Å². The predicted octanol–water partition coefficient (Wildman–Crippen LogP) is 24.1. The summed E-state index contributed by atoms with van der Waals surface area (Å²) in [5, 5.41) is 18.5. The minimum absolute atomic E-state index is 0.279. The number of nitrogens with zero attached hydrogens (tertiary/aromatic N) is 10. The Hall–Kier alpha value is -13.7. The predicted molar refractivity (Wildman–Crippen MR) is 500 cm³/mol. The third kappa shape index (κ3) is 15.8. The van der Waals surface area contributed by atoms with Crippen LogP contribution < -0.4 is 22.8 Å². The summed E-state index contributed by atoms with van der Waals surface area (Å²) in [4.78, 5) is 23.8. The Balaban J connectivity index is 0.000000112. The summed E-state index contributed by atoms with van der Waals surface area (Å²) in [6, 6.07) is 86.0. The lowest BCUT2D eigenvalue weighted by Crippen LogP contribution is -2.32. The lowest BCUT2D eigenvalue weighted by atomic mass is 9.88. The summed E-state index contributed by atoms with van der Waals surface area (Å²) >= 11 is 0. The van der Waals surface area contributed by atoms with E-state index in [1.807, 2.05) is 49.1 Å². The van der Waals surface area contributed by atoms with E-state index >= 15 is 0 Å². The van der Waals surface area contributed by atoms with Gasteiger partial charge in [-0.25, -0.2) is 22.8 Å². The van der Waals surface area contributed by atoms with E-state index in [0.29, 0.717) is 0 Å². The number of hydrogen-bond donors (Lipinski definition) is 0. The van der Waals surface area contributed by atoms with Crippen LogP contribution in [0.1, 0.15) is 82.1 Å². The third-order valence-electron chi connectivity index (χ3n) is 23.8. The molecule has 10 heteroatoms. The van der Waals surface area contributed by atoms with E-state index in [1.165, 1.54) is 193 Å². The SMILES string of the molecule is Cc1cc(-c2c(C)ccc3c2cnc2ccccc23)[n+](C)cc1C.Cc1cc[n+](C)c(-c2c(C)ccc3c2cnc2ccccc23)c1.Cc1ccc(-c2c(C)ccc3c2cnc2ccccc23)[n+](C)c1.Cc1ccc2c(cnc3ccccc32)c1-c1cccc[n+]1C.Cc1ccc2c(nc(C)c3ccccc32)c1-c1ccc(CC(C)(C)C)c[n+]1C. The van der Waals surface area contributed by atoms with Crippen LogP contribution in [-0.2, 0) is 41.7 Å². The molecule has 0 aliphatic rings. The molecule has 0 amide bonds. The van der Waals surface area contributed by atoms with E-state index in [0.717, 1.165) is 39.7 Å². The first-order valence-corrected chi connectivity index (χ1v) is 41.6. The molecule has 10 nitrogen and oxygen atoms in total. The number of fused-ring (bicyclic) bond motifs is 15. The second-order valence-corrected chi connectivity index (χ2v) is 33.9. The average molecular weight is 1570 g/mol. The fraction of sp³-hybridized carbons (Fsp3) is 0.182. The second kappa shape index (κ2) is 33.4. The molecule has 0 N–H and O–H groups in total. The molecule has 0 radical (unpaired) electrons. The molecule has 0 unspecified atom stereocenters. The molecule has 0 saturated heterocycles. The van der Waals surface area contributed by atoms with Crippen LogP contribution in [0, 0.1) is 74.7 Å². The topological polar surface area (TPSA) is 83.8 Å². The number of rotatable bonds is 6. The van der Waals surface area contributed by atoms with Gasteiger partial charge in [0.1, 0.15) is 35.2 Å². The first kappa shape index (κ1) is 80.1. The van der Waals surface area contributed by atoms with Gasteiger partial charge in [-0.2, -0.15) is 0 Å². The van der Waals surface area contributed by atoms with E-state index in [2.05, 4.69) is 412 Å². The highest BCUT2D eigenvalue weighted by Gasteiger charge is 2.25. The first-order valence-electron chi connectivity index (χ1n) is 41.6. The summed E-state index contributed by atoms with van der Waals surface area (Å²) in [5.41, 5.74) is 31.9. The van der Waals surface area contributed by atoms with Gasteiger partial charge in [-0.3, -0.25) is 24.9 Å². The van der Waals surface area contributed by atoms with Crippen LogP contribution in [0.25, 0.3) is 165 Å². The Morgan fingerprint density at radius 1 is 0.250 bits per heavy atom. The van der Waals surface area contributed by atoms with Crippen molar-refractivity contribution in [1.82, 2.24) is 24.9 Å². The third-order valence-corrected chi connectivity index (χ3v) is 23.8. The van der Waals surface area contributed by atoms with E-state index < -0.39 is 0 Å². The van der Waals surface area contributed by atoms with Gasteiger partial charge >= 0.3 is 0 Å². The fourth-order valence-electron chi connectivity index (χ4n) is 17.6. The number of hydrogen-bond acceptors (Lipinski definition) is 5. The molecule has 0 saturated carbocycles. The maximum Gasteiger partial charge on any atom is 0.214 e. The van der Waals surface area contributed by atoms with Crippen LogP contribution in [0.3, 0.4) is 0 Å². The van der Waals surface area contributed by atoms with Crippen LogP contribution in [0.4, 0.5) is 0 Å². The largest absolute Gasteiger partial charge is 0.256 e. The van der Waals surface area contributed by atoms with Crippen molar-refractivity contribution in [3.8, 4) is 56.3 Å². The van der Waals surface area contributed by atoms with Gasteiger partial charge < -0.3 is 0 Å². The lowest BCUT2D eigenvalue weighted by Gasteiger charge is -2.17. The van der Waals surface area contributed by atoms with Gasteiger partial charge in [0.05, 0.1) is 55.4 Å². The Bertz CT molecular complexity index is 7440. The molecule has 590 valence electrons. The van der Waals surface area contributed by atoms with Gasteiger partial charge in [0.2, 0.25) is 28.5 Å². The molecule has 0 aliphatic heterocycles. The highest BCUT2D eigenvalue weighted by Crippen LogP contribution is 2.40. The van der Waals surface area contributed by atoms with Crippen molar-refractivity contribution >= 4 is 108 Å². The maximum atomic E-state index is 5.05. The van der Waals surface area contributed by atoms with Crippen molar-refractivity contribution in [3.05, 3.63) is 360 Å². The summed E-state index contributed by atoms with van der Waals surface area (Å²) in [5.74, 6) is 0. The zero-order chi connectivity index (χ0) is 83.9. The summed E-state index contributed by atoms with van der Waals surface area (Å²) in [7, 11) is 10.6. The van der Waals surface area contributed by atoms with Crippen LogP contribution >= 0.6 is 0 Å². The number of pyridine rings is 10. The number of aryl methyl sites for hydroxylation is 15. The van der Waals surface area contributed by atoms with E-state index in [1.54, 1.807) is 0 Å². The normalized spacial score (nSPS) is 11.4. The van der Waals surface area contributed by atoms with Crippen molar-refractivity contribution in [2.24, 2.45) is 40.7 Å². The summed E-state index contributed by atoms with van der Waals surface area (Å²) in [6.45, 7) is 28.4. The van der Waals surface area contributed by atoms with Crippen molar-refractivity contribution < 1.29 is 22.8 Å². The molecule has 0 bridgehead atoms. The first-order chi connectivity index (χ1) is 57.9. The average Bonchev–Trinajstić information content (AvgIpc) is 0.774. The Morgan fingerprint density at radius 2 is 0.608 bits per heavy atom. The van der Waals surface area contributed by atoms with Gasteiger partial charge in [-0.05, 0) is 189 Å². The van der Waals surface area contributed by atoms with Gasteiger partial charge in [0.25, 0.3) is 0 Å². The zero-order valence-electron chi connectivity index (χ0n) is 72.5. The minimum atomic E-state index is 0.279. The standard InChI is InChI=1S/C26H29N2.C22H21N2.2C21H19N2.C20H17N2/c1-17-11-13-22-21-10-8-7-9-20(21)18(2)27-25(22)24(17)23-14-12-19(16-28(23)6)15-26(3,4)5;1-14-9-10-17-18-7-5-6-8-20(18)23-12-19(17)22(14)21-11-15(2)16(3)13-24(21)4;1-14-8-11-20(23(3)13-14)21-15(2)9-10-16-17-6-4-5-7-19(17)22-12-18(16)21;1-14-10-11-23(3)20(12-14)21-15(2)8-9-16-17-6-4-5-7-19(17)22-13-18(16)21;1-14-10-11-15-16-7-3-4-8-18(16)21-13-17(15)20(14)19-9-5-6-12-22(19)2/h7-14,16H,15H2,1-6H3;5-13H,1-4H3;2*4-13H,1-3H3;3-13H,1-2H3/q5*+1. The summed E-state index contributed by atoms with van der Waals surface area (Å²) in [6.07, 6.45) is 20.0. The van der Waals surface area contributed by atoms with Crippen molar-refractivity contribution in [2.45, 2.75) is 96.4 Å². The van der Waals surface area contributed by atoms with Crippen LogP contribution in [0.2, 0.25) is 0 Å². The molecule has 0 spiro atoms. The van der Waals surface area contributed by atoms with Crippen molar-refractivity contribution in [2.75, 3.05) is 0 Å². The van der Waals surface area contributed by atoms with Crippen molar-refractivity contribution in [3.63, 3.8) is 0 Å². The molecule has 120 heavy (non-hydrogen) atoms. The molecule has 0 aliphatic carbocycles. The molecule has 0 fully saturated rings. The quantitative estimate of drug-likeness (QED) is 0.122. The molecule has 20 rings (SSSR count). The minimum Gasteiger partial charge on any atom is -0.256 e. The summed E-state index contributed by atoms with van der Waals surface area (Å²) < 4.78 is 11.0. The second-order valence-electron chi connectivity index (χ2n) is 33.9. The highest BCUT2D eigenvalue weighted by atomic mass is 14.9. The zero-order valence-corrected chi connectivity index (χ0v) is 72.5. The molecular weight excluding hydrogens is 1460 g/mol. The lowest BCUT2D eigenvalue weighted by molar-refractivity contribution is -0.660. The smallest absolute Gasteiger partial charge is 0.214 e. The maximum absolute atomic E-state index is 5.05. The van der Waals surface area contributed by atoms with E-state index in [4.69, 9.17) is 9.97 Å². The number of benzene rings is 10. The number of aromatic nitrogens is 10. The molecule has 10 aromatic heterocycles. The Kier molecular flexibility index (Phi) is 22.3. The number of para-hydroxylation sites is 4. The van der Waals surface area contributed by atoms with Crippen molar-refractivity contribution in [1.29, 1.82) is 0 Å².